The van der Waals surface area contributed by atoms with E-state index in [0.29, 0.717) is 11.0 Å². The molecule has 2 rings (SSSR count). The fraction of sp³-hybridized carbons (Fsp3) is 0.500. The van der Waals surface area contributed by atoms with Crippen molar-refractivity contribution in [2.24, 2.45) is 5.73 Å². The summed E-state index contributed by atoms with van der Waals surface area (Å²) in [6.07, 6.45) is 0. The molecule has 0 aromatic heterocycles. The Morgan fingerprint density at radius 1 is 1.58 bits per heavy atom. The lowest BCUT2D eigenvalue weighted by molar-refractivity contribution is 0.223. The lowest BCUT2D eigenvalue weighted by Crippen LogP contribution is -2.39. The molecule has 1 aromatic carbocycles. The SMILES string of the molecule is COc1cc(CN2CCSCC2C)ccc1C(N)=S. The molecule has 0 aliphatic carbocycles. The van der Waals surface area contributed by atoms with Crippen LogP contribution >= 0.6 is 24.0 Å². The van der Waals surface area contributed by atoms with Crippen LogP contribution in [0.1, 0.15) is 18.1 Å². The van der Waals surface area contributed by atoms with Crippen molar-refractivity contribution < 1.29 is 4.74 Å². The molecule has 0 radical (unpaired) electrons. The molecular formula is C14H20N2OS2. The van der Waals surface area contributed by atoms with Crippen molar-refractivity contribution in [2.45, 2.75) is 19.5 Å². The smallest absolute Gasteiger partial charge is 0.129 e. The summed E-state index contributed by atoms with van der Waals surface area (Å²) < 4.78 is 5.37. The summed E-state index contributed by atoms with van der Waals surface area (Å²) >= 11 is 7.06. The molecule has 0 bridgehead atoms. The number of ether oxygens (including phenoxy) is 1. The van der Waals surface area contributed by atoms with E-state index in [1.54, 1.807) is 7.11 Å². The van der Waals surface area contributed by atoms with Gasteiger partial charge in [0.05, 0.1) is 12.7 Å². The maximum atomic E-state index is 5.68. The Kier molecular flexibility index (Phi) is 5.07. The van der Waals surface area contributed by atoms with Gasteiger partial charge >= 0.3 is 0 Å². The summed E-state index contributed by atoms with van der Waals surface area (Å²) in [6.45, 7) is 4.38. The van der Waals surface area contributed by atoms with Gasteiger partial charge in [0.1, 0.15) is 10.7 Å². The number of thiocarbonyl (C=S) groups is 1. The molecule has 1 unspecified atom stereocenters. The van der Waals surface area contributed by atoms with Gasteiger partial charge in [0.25, 0.3) is 0 Å². The van der Waals surface area contributed by atoms with E-state index in [-0.39, 0.29) is 0 Å². The zero-order valence-electron chi connectivity index (χ0n) is 11.4. The van der Waals surface area contributed by atoms with Crippen LogP contribution in [0.2, 0.25) is 0 Å². The Labute approximate surface area is 124 Å². The van der Waals surface area contributed by atoms with Crippen LogP contribution in [0.5, 0.6) is 5.75 Å². The van der Waals surface area contributed by atoms with Crippen LogP contribution in [0.15, 0.2) is 18.2 Å². The van der Waals surface area contributed by atoms with Gasteiger partial charge in [-0.3, -0.25) is 4.90 Å². The van der Waals surface area contributed by atoms with Gasteiger partial charge in [-0.1, -0.05) is 18.3 Å². The van der Waals surface area contributed by atoms with Gasteiger partial charge in [0.15, 0.2) is 0 Å². The molecule has 0 saturated carbocycles. The van der Waals surface area contributed by atoms with Gasteiger partial charge in [-0.25, -0.2) is 0 Å². The van der Waals surface area contributed by atoms with E-state index in [2.05, 4.69) is 17.9 Å². The number of hydrogen-bond acceptors (Lipinski definition) is 4. The minimum absolute atomic E-state index is 0.381. The molecule has 1 aliphatic rings. The molecule has 1 atom stereocenters. The monoisotopic (exact) mass is 296 g/mol. The van der Waals surface area contributed by atoms with Gasteiger partial charge in [0.2, 0.25) is 0 Å². The van der Waals surface area contributed by atoms with E-state index in [0.717, 1.165) is 24.4 Å². The van der Waals surface area contributed by atoms with E-state index in [9.17, 15) is 0 Å². The summed E-state index contributed by atoms with van der Waals surface area (Å²) in [5.41, 5.74) is 7.74. The van der Waals surface area contributed by atoms with E-state index >= 15 is 0 Å². The first-order valence-electron chi connectivity index (χ1n) is 6.40. The molecular weight excluding hydrogens is 276 g/mol. The van der Waals surface area contributed by atoms with E-state index < -0.39 is 0 Å². The molecule has 104 valence electrons. The fourth-order valence-corrected chi connectivity index (χ4v) is 3.52. The van der Waals surface area contributed by atoms with Crippen LogP contribution in [-0.2, 0) is 6.54 Å². The first-order valence-corrected chi connectivity index (χ1v) is 7.96. The third-order valence-corrected chi connectivity index (χ3v) is 4.83. The van der Waals surface area contributed by atoms with E-state index in [4.69, 9.17) is 22.7 Å². The molecule has 1 heterocycles. The zero-order chi connectivity index (χ0) is 13.8. The largest absolute Gasteiger partial charge is 0.496 e. The summed E-state index contributed by atoms with van der Waals surface area (Å²) in [5.74, 6) is 3.19. The number of nitrogens with zero attached hydrogens (tertiary/aromatic N) is 1. The van der Waals surface area contributed by atoms with Gasteiger partial charge in [-0.05, 0) is 24.6 Å². The minimum atomic E-state index is 0.381. The Balaban J connectivity index is 2.14. The van der Waals surface area contributed by atoms with Crippen molar-refractivity contribution in [3.63, 3.8) is 0 Å². The van der Waals surface area contributed by atoms with Crippen molar-refractivity contribution in [3.8, 4) is 5.75 Å². The van der Waals surface area contributed by atoms with E-state index in [1.807, 2.05) is 23.9 Å². The van der Waals surface area contributed by atoms with Crippen LogP contribution < -0.4 is 10.5 Å². The second-order valence-corrected chi connectivity index (χ2v) is 6.38. The number of hydrogen-bond donors (Lipinski definition) is 1. The maximum Gasteiger partial charge on any atom is 0.129 e. The molecule has 1 fully saturated rings. The van der Waals surface area contributed by atoms with Crippen LogP contribution in [0.25, 0.3) is 0 Å². The van der Waals surface area contributed by atoms with Crippen molar-refractivity contribution in [1.29, 1.82) is 0 Å². The molecule has 19 heavy (non-hydrogen) atoms. The summed E-state index contributed by atoms with van der Waals surface area (Å²) in [7, 11) is 1.65. The standard InChI is InChI=1S/C14H20N2OS2/c1-10-9-19-6-5-16(10)8-11-3-4-12(14(15)18)13(7-11)17-2/h3-4,7,10H,5-6,8-9H2,1-2H3,(H2,15,18). The molecule has 3 nitrogen and oxygen atoms in total. The van der Waals surface area contributed by atoms with Crippen LogP contribution in [-0.4, -0.2) is 41.1 Å². The second kappa shape index (κ2) is 6.59. The number of thioether (sulfide) groups is 1. The third kappa shape index (κ3) is 3.61. The first kappa shape index (κ1) is 14.6. The maximum absolute atomic E-state index is 5.68. The lowest BCUT2D eigenvalue weighted by atomic mass is 10.1. The van der Waals surface area contributed by atoms with Gasteiger partial charge in [0, 0.05) is 30.6 Å². The van der Waals surface area contributed by atoms with Crippen LogP contribution in [0.4, 0.5) is 0 Å². The normalized spacial score (nSPS) is 20.2. The second-order valence-electron chi connectivity index (χ2n) is 4.79. The molecule has 0 amide bonds. The highest BCUT2D eigenvalue weighted by Crippen LogP contribution is 2.23. The van der Waals surface area contributed by atoms with Crippen molar-refractivity contribution in [3.05, 3.63) is 29.3 Å². The Morgan fingerprint density at radius 2 is 2.37 bits per heavy atom. The summed E-state index contributed by atoms with van der Waals surface area (Å²) in [5, 5.41) is 0. The van der Waals surface area contributed by atoms with Crippen molar-refractivity contribution in [2.75, 3.05) is 25.2 Å². The molecule has 1 aliphatic heterocycles. The quantitative estimate of drug-likeness (QED) is 0.863. The van der Waals surface area contributed by atoms with E-state index in [1.165, 1.54) is 17.1 Å². The Bertz CT molecular complexity index is 465. The van der Waals surface area contributed by atoms with Crippen molar-refractivity contribution in [1.82, 2.24) is 4.90 Å². The lowest BCUT2D eigenvalue weighted by Gasteiger charge is -2.33. The highest BCUT2D eigenvalue weighted by atomic mass is 32.2. The highest BCUT2D eigenvalue weighted by molar-refractivity contribution is 7.99. The number of methoxy groups -OCH3 is 1. The number of rotatable bonds is 4. The van der Waals surface area contributed by atoms with Crippen LogP contribution in [0, 0.1) is 0 Å². The molecule has 0 spiro atoms. The summed E-state index contributed by atoms with van der Waals surface area (Å²) in [4.78, 5) is 2.89. The van der Waals surface area contributed by atoms with Gasteiger partial charge in [-0.2, -0.15) is 11.8 Å². The average Bonchev–Trinajstić information content (AvgIpc) is 2.41. The van der Waals surface area contributed by atoms with Crippen LogP contribution in [0.3, 0.4) is 0 Å². The number of nitrogens with two attached hydrogens (primary N) is 1. The Morgan fingerprint density at radius 3 is 3.00 bits per heavy atom. The van der Waals surface area contributed by atoms with Gasteiger partial charge < -0.3 is 10.5 Å². The molecule has 1 saturated heterocycles. The molecule has 2 N–H and O–H groups in total. The minimum Gasteiger partial charge on any atom is -0.496 e. The topological polar surface area (TPSA) is 38.5 Å². The predicted octanol–water partition coefficient (Wildman–Crippen LogP) is 2.27. The molecule has 5 heteroatoms. The average molecular weight is 296 g/mol. The molecule has 1 aromatic rings. The Hall–Kier alpha value is -0.780. The fourth-order valence-electron chi connectivity index (χ4n) is 2.27. The van der Waals surface area contributed by atoms with Crippen molar-refractivity contribution >= 4 is 29.0 Å². The summed E-state index contributed by atoms with van der Waals surface area (Å²) in [6, 6.07) is 6.72. The first-order chi connectivity index (χ1) is 9.11. The van der Waals surface area contributed by atoms with Gasteiger partial charge in [-0.15, -0.1) is 0 Å². The predicted molar refractivity (Wildman–Crippen MR) is 86.1 cm³/mol. The third-order valence-electron chi connectivity index (χ3n) is 3.42. The number of benzene rings is 1. The zero-order valence-corrected chi connectivity index (χ0v) is 13.0. The highest BCUT2D eigenvalue weighted by Gasteiger charge is 2.19.